The molecule has 2 saturated heterocycles. The molecule has 148 valence electrons. The molecule has 1 unspecified atom stereocenters. The lowest BCUT2D eigenvalue weighted by molar-refractivity contribution is -0.136. The van der Waals surface area contributed by atoms with E-state index < -0.39 is 23.8 Å². The topological polar surface area (TPSA) is 117 Å². The van der Waals surface area contributed by atoms with Crippen molar-refractivity contribution in [2.24, 2.45) is 0 Å². The second-order valence-electron chi connectivity index (χ2n) is 7.09. The Morgan fingerprint density at radius 2 is 2.04 bits per heavy atom. The van der Waals surface area contributed by atoms with Crippen LogP contribution in [0.1, 0.15) is 40.0 Å². The Morgan fingerprint density at radius 3 is 2.79 bits per heavy atom. The van der Waals surface area contributed by atoms with Crippen LogP contribution in [-0.2, 0) is 14.3 Å². The van der Waals surface area contributed by atoms with Crippen LogP contribution in [0.2, 0.25) is 0 Å². The van der Waals surface area contributed by atoms with Crippen molar-refractivity contribution in [3.63, 3.8) is 0 Å². The molecule has 2 atom stereocenters. The van der Waals surface area contributed by atoms with Gasteiger partial charge in [-0.2, -0.15) is 0 Å². The summed E-state index contributed by atoms with van der Waals surface area (Å²) in [6.45, 7) is 2.90. The van der Waals surface area contributed by atoms with Gasteiger partial charge < -0.3 is 15.4 Å². The maximum absolute atomic E-state index is 13.0. The molecule has 0 saturated carbocycles. The molecule has 9 nitrogen and oxygen atoms in total. The molecule has 0 spiro atoms. The highest BCUT2D eigenvalue weighted by molar-refractivity contribution is 6.25. The number of morpholine rings is 1. The van der Waals surface area contributed by atoms with Gasteiger partial charge in [0.15, 0.2) is 0 Å². The molecule has 3 aliphatic heterocycles. The minimum atomic E-state index is -0.959. The van der Waals surface area contributed by atoms with Gasteiger partial charge in [0, 0.05) is 31.7 Å². The smallest absolute Gasteiger partial charge is 0.264 e. The quantitative estimate of drug-likeness (QED) is 0.604. The minimum Gasteiger partial charge on any atom is -0.384 e. The van der Waals surface area contributed by atoms with Gasteiger partial charge >= 0.3 is 0 Å². The predicted octanol–water partition coefficient (Wildman–Crippen LogP) is -0.122. The fourth-order valence-electron chi connectivity index (χ4n) is 3.84. The van der Waals surface area contributed by atoms with Gasteiger partial charge in [-0.1, -0.05) is 6.07 Å². The number of imide groups is 2. The lowest BCUT2D eigenvalue weighted by atomic mass is 10.0. The lowest BCUT2D eigenvalue weighted by Gasteiger charge is -2.27. The van der Waals surface area contributed by atoms with Crippen LogP contribution >= 0.6 is 0 Å². The van der Waals surface area contributed by atoms with E-state index in [1.165, 1.54) is 0 Å². The van der Waals surface area contributed by atoms with E-state index in [-0.39, 0.29) is 36.0 Å². The van der Waals surface area contributed by atoms with Gasteiger partial charge in [0.25, 0.3) is 11.8 Å². The van der Waals surface area contributed by atoms with Crippen molar-refractivity contribution in [3.8, 4) is 0 Å². The third kappa shape index (κ3) is 3.38. The molecule has 9 heteroatoms. The van der Waals surface area contributed by atoms with Crippen LogP contribution in [0.25, 0.3) is 0 Å². The Bertz CT molecular complexity index is 834. The summed E-state index contributed by atoms with van der Waals surface area (Å²) in [5.74, 6) is -2.01. The molecule has 2 fully saturated rings. The van der Waals surface area contributed by atoms with E-state index in [4.69, 9.17) is 4.74 Å². The highest BCUT2D eigenvalue weighted by Gasteiger charge is 2.45. The van der Waals surface area contributed by atoms with Gasteiger partial charge in [-0.25, -0.2) is 0 Å². The fourth-order valence-corrected chi connectivity index (χ4v) is 3.84. The Balaban J connectivity index is 1.49. The van der Waals surface area contributed by atoms with Gasteiger partial charge in [-0.05, 0) is 25.0 Å². The number of hydrogen-bond acceptors (Lipinski definition) is 7. The number of rotatable bonds is 5. The predicted molar refractivity (Wildman–Crippen MR) is 98.8 cm³/mol. The summed E-state index contributed by atoms with van der Waals surface area (Å²) >= 11 is 0. The summed E-state index contributed by atoms with van der Waals surface area (Å²) in [7, 11) is 0. The number of piperidine rings is 1. The van der Waals surface area contributed by atoms with Gasteiger partial charge in [0.1, 0.15) is 6.04 Å². The molecular weight excluding hydrogens is 364 g/mol. The summed E-state index contributed by atoms with van der Waals surface area (Å²) in [4.78, 5) is 50.3. The van der Waals surface area contributed by atoms with Gasteiger partial charge in [-0.3, -0.25) is 29.4 Å². The average molecular weight is 386 g/mol. The van der Waals surface area contributed by atoms with Crippen molar-refractivity contribution in [2.45, 2.75) is 31.4 Å². The largest absolute Gasteiger partial charge is 0.384 e. The van der Waals surface area contributed by atoms with Crippen LogP contribution in [0.15, 0.2) is 18.2 Å². The number of nitrogens with one attached hydrogen (secondary N) is 3. The van der Waals surface area contributed by atoms with Crippen LogP contribution in [0.3, 0.4) is 0 Å². The highest BCUT2D eigenvalue weighted by Crippen LogP contribution is 2.32. The summed E-state index contributed by atoms with van der Waals surface area (Å²) in [6, 6.07) is 4.08. The number of carbonyl (C=O) groups is 4. The van der Waals surface area contributed by atoms with Crippen molar-refractivity contribution in [3.05, 3.63) is 29.3 Å². The van der Waals surface area contributed by atoms with Crippen LogP contribution < -0.4 is 16.0 Å². The van der Waals surface area contributed by atoms with Crippen LogP contribution in [-0.4, -0.2) is 66.9 Å². The summed E-state index contributed by atoms with van der Waals surface area (Å²) < 4.78 is 5.66. The average Bonchev–Trinajstić information content (AvgIpc) is 2.94. The van der Waals surface area contributed by atoms with Gasteiger partial charge in [0.2, 0.25) is 11.8 Å². The van der Waals surface area contributed by atoms with Crippen molar-refractivity contribution < 1.29 is 23.9 Å². The van der Waals surface area contributed by atoms with Crippen molar-refractivity contribution in [2.75, 3.05) is 31.6 Å². The number of anilines is 1. The van der Waals surface area contributed by atoms with E-state index in [9.17, 15) is 19.2 Å². The first kappa shape index (κ1) is 18.6. The summed E-state index contributed by atoms with van der Waals surface area (Å²) in [6.07, 6.45) is 1.11. The first-order chi connectivity index (χ1) is 13.6. The van der Waals surface area contributed by atoms with E-state index in [0.29, 0.717) is 18.8 Å². The number of hydrogen-bond donors (Lipinski definition) is 3. The molecule has 28 heavy (non-hydrogen) atoms. The van der Waals surface area contributed by atoms with Crippen molar-refractivity contribution in [1.82, 2.24) is 15.5 Å². The molecule has 1 aromatic rings. The third-order valence-corrected chi connectivity index (χ3v) is 5.25. The van der Waals surface area contributed by atoms with Crippen LogP contribution in [0.4, 0.5) is 5.69 Å². The molecule has 4 rings (SSSR count). The first-order valence-corrected chi connectivity index (χ1v) is 9.47. The molecule has 0 radical (unpaired) electrons. The normalized spacial score (nSPS) is 24.9. The molecule has 1 aromatic carbocycles. The molecule has 0 aromatic heterocycles. The third-order valence-electron chi connectivity index (χ3n) is 5.25. The number of fused-ring (bicyclic) bond motifs is 1. The molecule has 4 amide bonds. The van der Waals surface area contributed by atoms with Crippen molar-refractivity contribution >= 4 is 29.3 Å². The fraction of sp³-hybridized carbons (Fsp3) is 0.474. The molecule has 3 N–H and O–H groups in total. The number of nitrogens with zero attached hydrogens (tertiary/aromatic N) is 1. The van der Waals surface area contributed by atoms with E-state index in [0.717, 1.165) is 24.4 Å². The van der Waals surface area contributed by atoms with E-state index in [1.807, 2.05) is 0 Å². The zero-order chi connectivity index (χ0) is 19.7. The van der Waals surface area contributed by atoms with Crippen molar-refractivity contribution in [1.29, 1.82) is 0 Å². The number of ether oxygens (including phenoxy) is 1. The zero-order valence-electron chi connectivity index (χ0n) is 15.3. The van der Waals surface area contributed by atoms with E-state index in [1.54, 1.807) is 18.2 Å². The van der Waals surface area contributed by atoms with Gasteiger partial charge in [-0.15, -0.1) is 0 Å². The minimum absolute atomic E-state index is 0.102. The SMILES string of the molecule is O=C1CCC(N2C(=O)c3cccc(NCC[C@H]4CNCCO4)c3C2=O)C(=O)N1. The second kappa shape index (κ2) is 7.69. The Labute approximate surface area is 161 Å². The maximum Gasteiger partial charge on any atom is 0.264 e. The molecular formula is C19H22N4O5. The Kier molecular flexibility index (Phi) is 5.10. The summed E-state index contributed by atoms with van der Waals surface area (Å²) in [5, 5.41) is 8.69. The van der Waals surface area contributed by atoms with Gasteiger partial charge in [0.05, 0.1) is 23.8 Å². The number of amides is 4. The monoisotopic (exact) mass is 386 g/mol. The first-order valence-electron chi connectivity index (χ1n) is 9.47. The standard InChI is InChI=1S/C19H22N4O5/c24-15-5-4-14(17(25)22-15)23-18(26)12-2-1-3-13(16(12)19(23)27)21-7-6-11-10-20-8-9-28-11/h1-3,11,14,20-21H,4-10H2,(H,22,24,25)/t11-,14?/m0/s1. The molecule has 3 aliphatic rings. The van der Waals surface area contributed by atoms with Crippen LogP contribution in [0.5, 0.6) is 0 Å². The van der Waals surface area contributed by atoms with E-state index >= 15 is 0 Å². The van der Waals surface area contributed by atoms with E-state index in [2.05, 4.69) is 16.0 Å². The summed E-state index contributed by atoms with van der Waals surface area (Å²) in [5.41, 5.74) is 1.12. The molecule has 3 heterocycles. The Hall–Kier alpha value is -2.78. The molecule has 0 aliphatic carbocycles. The number of benzene rings is 1. The lowest BCUT2D eigenvalue weighted by Crippen LogP contribution is -2.54. The second-order valence-corrected chi connectivity index (χ2v) is 7.09. The van der Waals surface area contributed by atoms with Crippen LogP contribution in [0, 0.1) is 0 Å². The maximum atomic E-state index is 13.0. The highest BCUT2D eigenvalue weighted by atomic mass is 16.5. The Morgan fingerprint density at radius 1 is 1.18 bits per heavy atom. The molecule has 0 bridgehead atoms. The zero-order valence-corrected chi connectivity index (χ0v) is 15.3. The number of carbonyl (C=O) groups excluding carboxylic acids is 4.